The Kier molecular flexibility index (Phi) is 12.7. The summed E-state index contributed by atoms with van der Waals surface area (Å²) in [5.41, 5.74) is -7.31. The van der Waals surface area contributed by atoms with E-state index in [0.29, 0.717) is 38.5 Å². The number of ether oxygens (including phenoxy) is 9. The average molecular weight is 831 g/mol. The number of aliphatic hydroxyl groups is 6. The minimum absolute atomic E-state index is 0.00790. The summed E-state index contributed by atoms with van der Waals surface area (Å²) >= 11 is 0. The first-order valence-electron chi connectivity index (χ1n) is 21.5. The SMILES string of the molecule is COC1CC(OC2CCC3(C)C(CCC4(O)C3CC(O)C3(C)C(O)(C(C)=O)CCC43O)C2)OC(C)C1OC1CC(OC)C(OC2OC(C)C(O)C(OC)C2O)C(C)O1. The fourth-order valence-electron chi connectivity index (χ4n) is 12.9. The van der Waals surface area contributed by atoms with Crippen LogP contribution >= 0.6 is 0 Å². The maximum absolute atomic E-state index is 12.8. The van der Waals surface area contributed by atoms with E-state index in [2.05, 4.69) is 6.92 Å². The standard InChI is InChI=1S/C42H70O16/c1-20-32(45)36(52-9)33(46)37(55-20)58-35-22(3)54-31(18-27(35)51-8)57-34-21(2)53-30(17-26(34)50-7)56-25-11-12-38(5)24(16-25)10-13-41(48)28(38)19-29(44)39(6)40(47,23(4)43)14-15-42(39,41)49/h20-22,24-37,44-49H,10-19H2,1-9H3. The number of hydrogen-bond donors (Lipinski definition) is 6. The second-order valence-electron chi connectivity index (χ2n) is 19.1. The van der Waals surface area contributed by atoms with E-state index in [1.807, 2.05) is 13.8 Å². The molecule has 7 fully saturated rings. The van der Waals surface area contributed by atoms with E-state index in [9.17, 15) is 35.4 Å². The van der Waals surface area contributed by atoms with Crippen LogP contribution in [0.2, 0.25) is 0 Å². The highest BCUT2D eigenvalue weighted by Gasteiger charge is 2.81. The number of rotatable bonds is 10. The van der Waals surface area contributed by atoms with Crippen molar-refractivity contribution in [2.24, 2.45) is 22.7 Å². The maximum atomic E-state index is 12.8. The Labute approximate surface area is 342 Å². The summed E-state index contributed by atoms with van der Waals surface area (Å²) in [7, 11) is 4.63. The summed E-state index contributed by atoms with van der Waals surface area (Å²) in [5, 5.41) is 69.4. The summed E-state index contributed by atoms with van der Waals surface area (Å²) in [5.74, 6) is -0.780. The van der Waals surface area contributed by atoms with Gasteiger partial charge < -0.3 is 73.3 Å². The van der Waals surface area contributed by atoms with Crippen LogP contribution in [0, 0.1) is 22.7 Å². The van der Waals surface area contributed by atoms with Crippen LogP contribution in [0.5, 0.6) is 0 Å². The predicted molar refractivity (Wildman–Crippen MR) is 203 cm³/mol. The van der Waals surface area contributed by atoms with Crippen LogP contribution < -0.4 is 0 Å². The third kappa shape index (κ3) is 6.87. The highest BCUT2D eigenvalue weighted by atomic mass is 16.8. The fraction of sp³-hybridized carbons (Fsp3) is 0.976. The zero-order chi connectivity index (χ0) is 42.3. The lowest BCUT2D eigenvalue weighted by atomic mass is 9.40. The summed E-state index contributed by atoms with van der Waals surface area (Å²) in [4.78, 5) is 12.8. The molecule has 7 rings (SSSR count). The van der Waals surface area contributed by atoms with Crippen molar-refractivity contribution in [1.82, 2.24) is 0 Å². The van der Waals surface area contributed by atoms with Gasteiger partial charge in [0, 0.05) is 34.2 Å². The normalized spacial score (nSPS) is 55.9. The summed E-state index contributed by atoms with van der Waals surface area (Å²) in [6.07, 6.45) is -6.19. The molecule has 6 N–H and O–H groups in total. The van der Waals surface area contributed by atoms with Crippen molar-refractivity contribution in [3.63, 3.8) is 0 Å². The molecule has 0 bridgehead atoms. The van der Waals surface area contributed by atoms with Gasteiger partial charge in [0.25, 0.3) is 0 Å². The molecule has 0 aromatic rings. The highest BCUT2D eigenvalue weighted by molar-refractivity contribution is 5.87. The molecule has 7 aliphatic rings. The first-order valence-corrected chi connectivity index (χ1v) is 21.5. The molecule has 16 nitrogen and oxygen atoms in total. The number of methoxy groups -OCH3 is 3. The first kappa shape index (κ1) is 45.1. The van der Waals surface area contributed by atoms with Gasteiger partial charge in [0.1, 0.15) is 41.7 Å². The third-order valence-corrected chi connectivity index (χ3v) is 16.6. The molecule has 16 heteroatoms. The largest absolute Gasteiger partial charge is 0.392 e. The van der Waals surface area contributed by atoms with Crippen LogP contribution in [-0.4, -0.2) is 167 Å². The Morgan fingerprint density at radius 3 is 1.84 bits per heavy atom. The number of ketones is 1. The number of carbonyl (C=O) groups excluding carboxylic acids is 1. The smallest absolute Gasteiger partial charge is 0.187 e. The van der Waals surface area contributed by atoms with Crippen molar-refractivity contribution in [3.05, 3.63) is 0 Å². The fourth-order valence-corrected chi connectivity index (χ4v) is 12.9. The monoisotopic (exact) mass is 830 g/mol. The van der Waals surface area contributed by atoms with Gasteiger partial charge in [0.2, 0.25) is 0 Å². The van der Waals surface area contributed by atoms with E-state index in [1.54, 1.807) is 28.1 Å². The van der Waals surface area contributed by atoms with Crippen LogP contribution in [0.1, 0.15) is 106 Å². The van der Waals surface area contributed by atoms with E-state index in [0.717, 1.165) is 6.42 Å². The van der Waals surface area contributed by atoms with E-state index in [4.69, 9.17) is 42.6 Å². The van der Waals surface area contributed by atoms with Crippen LogP contribution in [0.15, 0.2) is 0 Å². The second kappa shape index (κ2) is 16.3. The molecule has 4 aliphatic carbocycles. The number of Topliss-reactive ketones (excluding diaryl/α,β-unsaturated/α-hetero) is 1. The van der Waals surface area contributed by atoms with Crippen LogP contribution in [0.25, 0.3) is 0 Å². The van der Waals surface area contributed by atoms with Crippen molar-refractivity contribution in [1.29, 1.82) is 0 Å². The Morgan fingerprint density at radius 2 is 1.26 bits per heavy atom. The lowest BCUT2D eigenvalue weighted by molar-refractivity contribution is -0.352. The molecule has 0 aromatic carbocycles. The van der Waals surface area contributed by atoms with Gasteiger partial charge in [-0.1, -0.05) is 13.8 Å². The van der Waals surface area contributed by atoms with Crippen LogP contribution in [0.4, 0.5) is 0 Å². The van der Waals surface area contributed by atoms with Gasteiger partial charge in [-0.05, 0) is 96.3 Å². The highest BCUT2D eigenvalue weighted by Crippen LogP contribution is 2.71. The van der Waals surface area contributed by atoms with Crippen molar-refractivity contribution in [2.75, 3.05) is 21.3 Å². The molecule has 334 valence electrons. The van der Waals surface area contributed by atoms with Crippen LogP contribution in [0.3, 0.4) is 0 Å². The zero-order valence-electron chi connectivity index (χ0n) is 35.7. The second-order valence-corrected chi connectivity index (χ2v) is 19.1. The van der Waals surface area contributed by atoms with E-state index in [-0.39, 0.29) is 37.4 Å². The Bertz CT molecular complexity index is 1470. The molecule has 0 aromatic heterocycles. The molecule has 4 saturated carbocycles. The van der Waals surface area contributed by atoms with E-state index < -0.39 is 119 Å². The minimum atomic E-state index is -1.92. The number of fused-ring (bicyclic) bond motifs is 5. The molecular formula is C42H70O16. The zero-order valence-corrected chi connectivity index (χ0v) is 35.7. The predicted octanol–water partition coefficient (Wildman–Crippen LogP) is 1.49. The van der Waals surface area contributed by atoms with Crippen molar-refractivity contribution < 1.29 is 78.1 Å². The third-order valence-electron chi connectivity index (χ3n) is 16.6. The molecule has 0 spiro atoms. The lowest BCUT2D eigenvalue weighted by Gasteiger charge is -2.68. The van der Waals surface area contributed by atoms with Gasteiger partial charge in [0.05, 0.1) is 53.7 Å². The Morgan fingerprint density at radius 1 is 0.655 bits per heavy atom. The van der Waals surface area contributed by atoms with E-state index in [1.165, 1.54) is 14.0 Å². The van der Waals surface area contributed by atoms with Gasteiger partial charge in [-0.2, -0.15) is 0 Å². The van der Waals surface area contributed by atoms with Gasteiger partial charge in [0.15, 0.2) is 24.7 Å². The summed E-state index contributed by atoms with van der Waals surface area (Å²) < 4.78 is 55.1. The number of hydrogen-bond acceptors (Lipinski definition) is 16. The molecular weight excluding hydrogens is 760 g/mol. The molecule has 22 unspecified atom stereocenters. The molecule has 0 amide bonds. The quantitative estimate of drug-likeness (QED) is 0.172. The maximum Gasteiger partial charge on any atom is 0.187 e. The summed E-state index contributed by atoms with van der Waals surface area (Å²) in [6, 6.07) is 0. The van der Waals surface area contributed by atoms with Crippen molar-refractivity contribution in [3.8, 4) is 0 Å². The van der Waals surface area contributed by atoms with Gasteiger partial charge >= 0.3 is 0 Å². The molecule has 3 aliphatic heterocycles. The summed E-state index contributed by atoms with van der Waals surface area (Å²) in [6.45, 7) is 10.5. The van der Waals surface area contributed by atoms with Crippen molar-refractivity contribution in [2.45, 2.75) is 215 Å². The molecule has 0 radical (unpaired) electrons. The molecule has 3 heterocycles. The molecule has 22 atom stereocenters. The first-order chi connectivity index (χ1) is 27.2. The average Bonchev–Trinajstić information content (AvgIpc) is 3.41. The Balaban J connectivity index is 0.954. The number of aliphatic hydroxyl groups excluding tert-OH is 3. The Hall–Kier alpha value is -0.930. The molecule has 58 heavy (non-hydrogen) atoms. The lowest BCUT2D eigenvalue weighted by Crippen LogP contribution is -2.78. The van der Waals surface area contributed by atoms with Crippen molar-refractivity contribution >= 4 is 5.78 Å². The minimum Gasteiger partial charge on any atom is -0.392 e. The van der Waals surface area contributed by atoms with Gasteiger partial charge in [-0.3, -0.25) is 4.79 Å². The molecule has 3 saturated heterocycles. The van der Waals surface area contributed by atoms with E-state index >= 15 is 0 Å². The van der Waals surface area contributed by atoms with Crippen LogP contribution in [-0.2, 0) is 47.4 Å². The topological polar surface area (TPSA) is 222 Å². The number of carbonyl (C=O) groups is 1. The van der Waals surface area contributed by atoms with Gasteiger partial charge in [-0.15, -0.1) is 0 Å². The van der Waals surface area contributed by atoms with Gasteiger partial charge in [-0.25, -0.2) is 0 Å².